The number of nitrogens with one attached hydrogen (secondary N) is 1. The van der Waals surface area contributed by atoms with E-state index in [1.165, 1.54) is 5.57 Å². The molecule has 3 aliphatic carbocycles. The van der Waals surface area contributed by atoms with Gasteiger partial charge in [0, 0.05) is 23.9 Å². The lowest BCUT2D eigenvalue weighted by atomic mass is 9.45. The van der Waals surface area contributed by atoms with Gasteiger partial charge in [0.25, 0.3) is 0 Å². The Hall–Kier alpha value is -2.13. The first kappa shape index (κ1) is 35.4. The molecule has 0 aromatic carbocycles. The molecule has 43 heavy (non-hydrogen) atoms. The SMILES string of the molecule is C=C(/C=C\C=C(\COCCO)[C@@H]1CC[C@]2([C@@H]1O)[C@@H]1C(=C(C)C=O)[C@@H](C=C[C@H]1CCO)C[C@]2(O)CCNC)CCC=C(C)C. The van der Waals surface area contributed by atoms with Crippen molar-refractivity contribution in [3.8, 4) is 0 Å². The third-order valence-corrected chi connectivity index (χ3v) is 10.0. The van der Waals surface area contributed by atoms with E-state index in [1.54, 1.807) is 0 Å². The van der Waals surface area contributed by atoms with Gasteiger partial charge in [-0.2, -0.15) is 0 Å². The van der Waals surface area contributed by atoms with Crippen LogP contribution in [0.3, 0.4) is 0 Å². The molecule has 0 saturated heterocycles. The summed E-state index contributed by atoms with van der Waals surface area (Å²) in [5.41, 5.74) is 2.76. The van der Waals surface area contributed by atoms with Gasteiger partial charge >= 0.3 is 0 Å². The molecule has 0 amide bonds. The molecule has 0 aromatic rings. The fourth-order valence-electron chi connectivity index (χ4n) is 8.08. The van der Waals surface area contributed by atoms with E-state index in [0.29, 0.717) is 44.2 Å². The first-order valence-corrected chi connectivity index (χ1v) is 16.0. The zero-order chi connectivity index (χ0) is 31.6. The monoisotopic (exact) mass is 597 g/mol. The Labute approximate surface area is 258 Å². The number of hydrogen-bond acceptors (Lipinski definition) is 7. The maximum atomic E-state index is 12.6. The van der Waals surface area contributed by atoms with Crippen molar-refractivity contribution < 1.29 is 30.0 Å². The Bertz CT molecular complexity index is 1110. The molecule has 7 atom stereocenters. The van der Waals surface area contributed by atoms with E-state index in [-0.39, 0.29) is 50.1 Å². The smallest absolute Gasteiger partial charge is 0.145 e. The van der Waals surface area contributed by atoms with Crippen LogP contribution in [-0.2, 0) is 9.53 Å². The molecule has 0 aromatic heterocycles. The van der Waals surface area contributed by atoms with Gasteiger partial charge in [-0.05, 0) is 102 Å². The molecule has 7 nitrogen and oxygen atoms in total. The van der Waals surface area contributed by atoms with Crippen molar-refractivity contribution in [3.05, 3.63) is 70.9 Å². The van der Waals surface area contributed by atoms with Crippen molar-refractivity contribution in [3.63, 3.8) is 0 Å². The van der Waals surface area contributed by atoms with Gasteiger partial charge in [0.05, 0.1) is 31.5 Å². The standard InChI is InChI=1S/C36H55NO6/c1-25(2)8-6-9-26(3)10-7-11-30(24-43-21-20-39)31-14-16-36(34(31)41)33-28(15-19-38)12-13-29(32(33)27(4)23-40)22-35(36,42)17-18-37-5/h7-8,10-13,23,28-29,31,33-34,37-39,41-42H,3,6,9,14-22,24H2,1-2,4-5H3/b10-7-,30-11-,32-27?/t28-,29-,31-,33-,34+,35+,36+/m0/s1. The minimum atomic E-state index is -1.18. The molecule has 0 aliphatic heterocycles. The van der Waals surface area contributed by atoms with E-state index >= 15 is 0 Å². The van der Waals surface area contributed by atoms with Gasteiger partial charge in [0.15, 0.2) is 0 Å². The number of ether oxygens (including phenoxy) is 1. The second-order valence-corrected chi connectivity index (χ2v) is 13.0. The molecule has 0 heterocycles. The fraction of sp³-hybridized carbons (Fsp3) is 0.639. The normalized spacial score (nSPS) is 33.3. The van der Waals surface area contributed by atoms with Crippen LogP contribution in [0.4, 0.5) is 0 Å². The molecule has 240 valence electrons. The van der Waals surface area contributed by atoms with Gasteiger partial charge in [0.2, 0.25) is 0 Å². The van der Waals surface area contributed by atoms with E-state index in [9.17, 15) is 25.2 Å². The molecular weight excluding hydrogens is 542 g/mol. The average molecular weight is 598 g/mol. The Morgan fingerprint density at radius 1 is 1.21 bits per heavy atom. The van der Waals surface area contributed by atoms with Gasteiger partial charge in [-0.25, -0.2) is 0 Å². The van der Waals surface area contributed by atoms with Crippen LogP contribution >= 0.6 is 0 Å². The van der Waals surface area contributed by atoms with Crippen LogP contribution in [0.2, 0.25) is 0 Å². The van der Waals surface area contributed by atoms with Crippen LogP contribution < -0.4 is 5.32 Å². The Morgan fingerprint density at radius 2 is 1.98 bits per heavy atom. The molecule has 2 bridgehead atoms. The fourth-order valence-corrected chi connectivity index (χ4v) is 8.08. The van der Waals surface area contributed by atoms with Crippen molar-refractivity contribution in [2.24, 2.45) is 29.1 Å². The lowest BCUT2D eigenvalue weighted by molar-refractivity contribution is -0.194. The molecule has 0 unspecified atom stereocenters. The second-order valence-electron chi connectivity index (χ2n) is 13.0. The summed E-state index contributed by atoms with van der Waals surface area (Å²) in [6, 6.07) is 0. The lowest BCUT2D eigenvalue weighted by Gasteiger charge is -2.61. The predicted molar refractivity (Wildman–Crippen MR) is 172 cm³/mol. The van der Waals surface area contributed by atoms with Crippen LogP contribution in [0.25, 0.3) is 0 Å². The number of carbonyl (C=O) groups excluding carboxylic acids is 1. The molecule has 2 saturated carbocycles. The topological polar surface area (TPSA) is 119 Å². The van der Waals surface area contributed by atoms with E-state index in [0.717, 1.165) is 35.8 Å². The van der Waals surface area contributed by atoms with Gasteiger partial charge in [0.1, 0.15) is 6.29 Å². The maximum Gasteiger partial charge on any atom is 0.145 e. The van der Waals surface area contributed by atoms with Gasteiger partial charge in [-0.1, -0.05) is 59.8 Å². The van der Waals surface area contributed by atoms with Crippen LogP contribution in [0, 0.1) is 29.1 Å². The molecule has 3 rings (SSSR count). The van der Waals surface area contributed by atoms with Gasteiger partial charge in [-0.3, -0.25) is 4.79 Å². The Balaban J connectivity index is 2.07. The summed E-state index contributed by atoms with van der Waals surface area (Å²) in [6.07, 6.45) is 16.8. The Kier molecular flexibility index (Phi) is 13.4. The maximum absolute atomic E-state index is 12.6. The van der Waals surface area contributed by atoms with Crippen LogP contribution in [0.15, 0.2) is 70.9 Å². The lowest BCUT2D eigenvalue weighted by Crippen LogP contribution is -2.65. The summed E-state index contributed by atoms with van der Waals surface area (Å²) < 4.78 is 5.80. The van der Waals surface area contributed by atoms with E-state index in [2.05, 4.69) is 44.0 Å². The third-order valence-electron chi connectivity index (χ3n) is 10.0. The highest BCUT2D eigenvalue weighted by molar-refractivity contribution is 5.74. The third kappa shape index (κ3) is 7.75. The van der Waals surface area contributed by atoms with Crippen LogP contribution in [-0.4, -0.2) is 78.4 Å². The minimum Gasteiger partial charge on any atom is -0.396 e. The van der Waals surface area contributed by atoms with E-state index in [1.807, 2.05) is 32.2 Å². The molecule has 0 radical (unpaired) electrons. The quantitative estimate of drug-likeness (QED) is 0.0580. The largest absolute Gasteiger partial charge is 0.396 e. The summed E-state index contributed by atoms with van der Waals surface area (Å²) >= 11 is 0. The van der Waals surface area contributed by atoms with Crippen molar-refractivity contribution in [1.82, 2.24) is 5.32 Å². The molecule has 5 N–H and O–H groups in total. The number of fused-ring (bicyclic) bond motifs is 3. The molecular formula is C36H55NO6. The number of allylic oxidation sites excluding steroid dienone is 10. The zero-order valence-corrected chi connectivity index (χ0v) is 26.7. The van der Waals surface area contributed by atoms with Gasteiger partial charge in [-0.15, -0.1) is 0 Å². The average Bonchev–Trinajstić information content (AvgIpc) is 3.32. The van der Waals surface area contributed by atoms with Gasteiger partial charge < -0.3 is 30.5 Å². The summed E-state index contributed by atoms with van der Waals surface area (Å²) in [5, 5.41) is 47.7. The van der Waals surface area contributed by atoms with Crippen LogP contribution in [0.1, 0.15) is 65.7 Å². The Morgan fingerprint density at radius 3 is 2.63 bits per heavy atom. The molecule has 1 spiro atoms. The first-order valence-electron chi connectivity index (χ1n) is 16.0. The van der Waals surface area contributed by atoms with Crippen molar-refractivity contribution in [2.75, 3.05) is 40.0 Å². The number of rotatable bonds is 16. The molecule has 2 fully saturated rings. The highest BCUT2D eigenvalue weighted by atomic mass is 16.5. The molecule has 3 aliphatic rings. The first-order chi connectivity index (χ1) is 20.6. The predicted octanol–water partition coefficient (Wildman–Crippen LogP) is 4.60. The summed E-state index contributed by atoms with van der Waals surface area (Å²) in [6.45, 7) is 11.1. The number of aliphatic hydroxyl groups is 4. The minimum absolute atomic E-state index is 0.0173. The zero-order valence-electron chi connectivity index (χ0n) is 26.7. The summed E-state index contributed by atoms with van der Waals surface area (Å²) in [5.74, 6) is -0.756. The van der Waals surface area contributed by atoms with Crippen molar-refractivity contribution in [1.29, 1.82) is 0 Å². The second kappa shape index (κ2) is 16.3. The summed E-state index contributed by atoms with van der Waals surface area (Å²) in [7, 11) is 1.86. The molecule has 7 heteroatoms. The highest BCUT2D eigenvalue weighted by Gasteiger charge is 2.68. The van der Waals surface area contributed by atoms with Crippen LogP contribution in [0.5, 0.6) is 0 Å². The number of aldehydes is 1. The van der Waals surface area contributed by atoms with E-state index in [4.69, 9.17) is 4.74 Å². The van der Waals surface area contributed by atoms with E-state index < -0.39 is 17.1 Å². The number of carbonyl (C=O) groups is 1. The number of hydrogen-bond donors (Lipinski definition) is 5. The van der Waals surface area contributed by atoms with Crippen molar-refractivity contribution >= 4 is 6.29 Å². The highest BCUT2D eigenvalue weighted by Crippen LogP contribution is 2.67. The van der Waals surface area contributed by atoms with Crippen molar-refractivity contribution in [2.45, 2.75) is 77.4 Å². The summed E-state index contributed by atoms with van der Waals surface area (Å²) in [4.78, 5) is 12.2. The number of aliphatic hydroxyl groups excluding tert-OH is 3.